The van der Waals surface area contributed by atoms with E-state index in [4.69, 9.17) is 11.6 Å². The number of hydrogen-bond acceptors (Lipinski definition) is 5. The molecule has 1 aliphatic heterocycles. The van der Waals surface area contributed by atoms with Crippen LogP contribution in [0, 0.1) is 0 Å². The van der Waals surface area contributed by atoms with Crippen molar-refractivity contribution < 1.29 is 19.1 Å². The van der Waals surface area contributed by atoms with Crippen LogP contribution in [0.3, 0.4) is 0 Å². The standard InChI is InChI=1S/C13H13ClN4O4/c1-7(10-11(19)15-16-12(10)20)18(13(21)22-2)17-9-5-3-8(14)4-6-9/h3-6,17H,1-2H3,(H,15,19)(H,16,20). The number of rotatable bonds is 3. The Balaban J connectivity index is 2.36. The molecular weight excluding hydrogens is 312 g/mol. The number of nitrogens with zero attached hydrogens (tertiary/aromatic N) is 1. The van der Waals surface area contributed by atoms with Gasteiger partial charge >= 0.3 is 6.09 Å². The summed E-state index contributed by atoms with van der Waals surface area (Å²) < 4.78 is 4.66. The van der Waals surface area contributed by atoms with E-state index in [2.05, 4.69) is 21.0 Å². The van der Waals surface area contributed by atoms with Gasteiger partial charge in [0.05, 0.1) is 18.5 Å². The highest BCUT2D eigenvalue weighted by atomic mass is 35.5. The Bertz CT molecular complexity index is 639. The zero-order valence-electron chi connectivity index (χ0n) is 11.8. The van der Waals surface area contributed by atoms with Crippen molar-refractivity contribution in [1.82, 2.24) is 15.9 Å². The lowest BCUT2D eigenvalue weighted by Crippen LogP contribution is -2.36. The Morgan fingerprint density at radius 2 is 1.73 bits per heavy atom. The largest absolute Gasteiger partial charge is 0.451 e. The molecule has 3 N–H and O–H groups in total. The van der Waals surface area contributed by atoms with Crippen LogP contribution in [-0.2, 0) is 14.3 Å². The number of benzene rings is 1. The summed E-state index contributed by atoms with van der Waals surface area (Å²) in [6, 6.07) is 6.50. The maximum Gasteiger partial charge on any atom is 0.432 e. The number of methoxy groups -OCH3 is 1. The van der Waals surface area contributed by atoms with Gasteiger partial charge in [0.25, 0.3) is 11.8 Å². The average Bonchev–Trinajstić information content (AvgIpc) is 2.84. The zero-order valence-corrected chi connectivity index (χ0v) is 12.5. The van der Waals surface area contributed by atoms with Crippen molar-refractivity contribution in [3.8, 4) is 0 Å². The maximum absolute atomic E-state index is 11.9. The van der Waals surface area contributed by atoms with Crippen LogP contribution in [0.1, 0.15) is 6.92 Å². The number of carbonyl (C=O) groups excluding carboxylic acids is 3. The summed E-state index contributed by atoms with van der Waals surface area (Å²) in [5, 5.41) is 1.49. The third kappa shape index (κ3) is 3.12. The van der Waals surface area contributed by atoms with Crippen molar-refractivity contribution >= 4 is 35.2 Å². The fourth-order valence-electron chi connectivity index (χ4n) is 1.79. The van der Waals surface area contributed by atoms with E-state index in [0.717, 1.165) is 5.01 Å². The van der Waals surface area contributed by atoms with Gasteiger partial charge in [0.15, 0.2) is 0 Å². The molecule has 0 radical (unpaired) electrons. The average molecular weight is 325 g/mol. The van der Waals surface area contributed by atoms with Gasteiger partial charge in [-0.05, 0) is 31.2 Å². The van der Waals surface area contributed by atoms with Crippen LogP contribution in [-0.4, -0.2) is 30.0 Å². The molecule has 1 aromatic carbocycles. The second-order valence-electron chi connectivity index (χ2n) is 4.29. The summed E-state index contributed by atoms with van der Waals surface area (Å²) in [4.78, 5) is 35.2. The van der Waals surface area contributed by atoms with Gasteiger partial charge < -0.3 is 4.74 Å². The van der Waals surface area contributed by atoms with E-state index < -0.39 is 17.9 Å². The Morgan fingerprint density at radius 1 is 1.18 bits per heavy atom. The minimum atomic E-state index is -0.785. The lowest BCUT2D eigenvalue weighted by Gasteiger charge is -2.24. The molecule has 0 aliphatic carbocycles. The predicted octanol–water partition coefficient (Wildman–Crippen LogP) is 1.17. The van der Waals surface area contributed by atoms with E-state index >= 15 is 0 Å². The molecule has 1 fully saturated rings. The minimum Gasteiger partial charge on any atom is -0.451 e. The molecule has 9 heteroatoms. The molecule has 0 unspecified atom stereocenters. The van der Waals surface area contributed by atoms with Crippen LogP contribution in [0.4, 0.5) is 10.5 Å². The fraction of sp³-hybridized carbons (Fsp3) is 0.154. The fourth-order valence-corrected chi connectivity index (χ4v) is 1.92. The first kappa shape index (κ1) is 15.6. The number of nitrogens with one attached hydrogen (secondary N) is 3. The summed E-state index contributed by atoms with van der Waals surface area (Å²) in [6.07, 6.45) is -0.785. The summed E-state index contributed by atoms with van der Waals surface area (Å²) in [6.45, 7) is 1.44. The SMILES string of the molecule is COC(=O)N(Nc1ccc(Cl)cc1)C(C)=C1C(=O)NNC1=O. The monoisotopic (exact) mass is 324 g/mol. The summed E-state index contributed by atoms with van der Waals surface area (Å²) in [7, 11) is 1.19. The van der Waals surface area contributed by atoms with Crippen molar-refractivity contribution in [3.05, 3.63) is 40.6 Å². The van der Waals surface area contributed by atoms with E-state index in [1.54, 1.807) is 24.3 Å². The van der Waals surface area contributed by atoms with E-state index in [9.17, 15) is 14.4 Å². The van der Waals surface area contributed by atoms with Crippen molar-refractivity contribution in [1.29, 1.82) is 0 Å². The summed E-state index contributed by atoms with van der Waals surface area (Å²) >= 11 is 5.79. The molecule has 1 saturated heterocycles. The van der Waals surface area contributed by atoms with Gasteiger partial charge in [0.1, 0.15) is 5.57 Å². The number of amides is 3. The van der Waals surface area contributed by atoms with Gasteiger partial charge in [-0.1, -0.05) is 11.6 Å². The molecule has 1 aliphatic rings. The van der Waals surface area contributed by atoms with Gasteiger partial charge in [-0.3, -0.25) is 25.9 Å². The van der Waals surface area contributed by atoms with E-state index in [1.807, 2.05) is 0 Å². The van der Waals surface area contributed by atoms with Crippen molar-refractivity contribution in [3.63, 3.8) is 0 Å². The van der Waals surface area contributed by atoms with Crippen molar-refractivity contribution in [2.75, 3.05) is 12.5 Å². The molecule has 0 aromatic heterocycles. The van der Waals surface area contributed by atoms with E-state index in [-0.39, 0.29) is 11.3 Å². The first-order valence-corrected chi connectivity index (χ1v) is 6.53. The first-order valence-electron chi connectivity index (χ1n) is 6.16. The Kier molecular flexibility index (Phi) is 4.52. The third-order valence-corrected chi connectivity index (χ3v) is 3.14. The molecule has 0 spiro atoms. The highest BCUT2D eigenvalue weighted by Crippen LogP contribution is 2.19. The Labute approximate surface area is 131 Å². The second-order valence-corrected chi connectivity index (χ2v) is 4.73. The molecule has 1 heterocycles. The highest BCUT2D eigenvalue weighted by molar-refractivity contribution is 6.30. The van der Waals surface area contributed by atoms with Crippen molar-refractivity contribution in [2.45, 2.75) is 6.92 Å². The molecule has 116 valence electrons. The lowest BCUT2D eigenvalue weighted by atomic mass is 10.2. The number of hydrazine groups is 2. The van der Waals surface area contributed by atoms with E-state index in [0.29, 0.717) is 10.7 Å². The van der Waals surface area contributed by atoms with Crippen LogP contribution in [0.25, 0.3) is 0 Å². The van der Waals surface area contributed by atoms with Gasteiger partial charge in [0, 0.05) is 5.02 Å². The van der Waals surface area contributed by atoms with Gasteiger partial charge in [-0.2, -0.15) is 5.01 Å². The highest BCUT2D eigenvalue weighted by Gasteiger charge is 2.32. The summed E-state index contributed by atoms with van der Waals surface area (Å²) in [5.41, 5.74) is 7.51. The van der Waals surface area contributed by atoms with Crippen LogP contribution in [0.2, 0.25) is 5.02 Å². The molecule has 2 rings (SSSR count). The quantitative estimate of drug-likeness (QED) is 0.440. The Hall–Kier alpha value is -2.74. The molecule has 22 heavy (non-hydrogen) atoms. The Morgan fingerprint density at radius 3 is 2.23 bits per heavy atom. The molecular formula is C13H13ClN4O4. The molecule has 8 nitrogen and oxygen atoms in total. The normalized spacial score (nSPS) is 13.3. The van der Waals surface area contributed by atoms with Gasteiger partial charge in [-0.15, -0.1) is 0 Å². The van der Waals surface area contributed by atoms with E-state index in [1.165, 1.54) is 14.0 Å². The summed E-state index contributed by atoms with van der Waals surface area (Å²) in [5.74, 6) is -1.26. The van der Waals surface area contributed by atoms with Crippen LogP contribution in [0.5, 0.6) is 0 Å². The molecule has 0 saturated carbocycles. The number of halogens is 1. The minimum absolute atomic E-state index is 0.0919. The molecule has 0 bridgehead atoms. The molecule has 3 amide bonds. The number of anilines is 1. The topological polar surface area (TPSA) is 99.8 Å². The van der Waals surface area contributed by atoms with Crippen LogP contribution in [0.15, 0.2) is 35.5 Å². The molecule has 0 atom stereocenters. The number of carbonyl (C=O) groups is 3. The number of hydrogen-bond donors (Lipinski definition) is 3. The predicted molar refractivity (Wildman–Crippen MR) is 78.3 cm³/mol. The van der Waals surface area contributed by atoms with Crippen molar-refractivity contribution in [2.24, 2.45) is 0 Å². The van der Waals surface area contributed by atoms with Crippen LogP contribution < -0.4 is 16.3 Å². The number of allylic oxidation sites excluding steroid dienone is 1. The maximum atomic E-state index is 11.9. The molecule has 1 aromatic rings. The van der Waals surface area contributed by atoms with Gasteiger partial charge in [0.2, 0.25) is 0 Å². The lowest BCUT2D eigenvalue weighted by molar-refractivity contribution is -0.117. The third-order valence-electron chi connectivity index (χ3n) is 2.88. The van der Waals surface area contributed by atoms with Crippen LogP contribution >= 0.6 is 11.6 Å². The smallest absolute Gasteiger partial charge is 0.432 e. The first-order chi connectivity index (χ1) is 10.4. The second kappa shape index (κ2) is 6.35. The zero-order chi connectivity index (χ0) is 16.3. The number of ether oxygens (including phenoxy) is 1. The van der Waals surface area contributed by atoms with Gasteiger partial charge in [-0.25, -0.2) is 4.79 Å².